The quantitative estimate of drug-likeness (QED) is 0.400. The smallest absolute Gasteiger partial charge is 0.591 e. The van der Waals surface area contributed by atoms with Crippen molar-refractivity contribution in [3.8, 4) is 0 Å². The van der Waals surface area contributed by atoms with Gasteiger partial charge in [-0.1, -0.05) is 23.6 Å². The molecule has 1 atom stereocenters. The molecule has 1 unspecified atom stereocenters. The van der Waals surface area contributed by atoms with Gasteiger partial charge in [-0.3, -0.25) is 0 Å². The molecule has 4 heteroatoms. The van der Waals surface area contributed by atoms with Crippen molar-refractivity contribution in [2.45, 2.75) is 13.3 Å². The van der Waals surface area contributed by atoms with E-state index in [4.69, 9.17) is 0 Å². The molecule has 0 N–H and O–H groups in total. The third-order valence-electron chi connectivity index (χ3n) is 1.56. The molecule has 0 radical (unpaired) electrons. The van der Waals surface area contributed by atoms with Crippen molar-refractivity contribution in [1.29, 1.82) is 0 Å². The van der Waals surface area contributed by atoms with E-state index in [0.29, 0.717) is 5.30 Å². The van der Waals surface area contributed by atoms with E-state index in [2.05, 4.69) is 0 Å². The molecule has 0 aliphatic rings. The summed E-state index contributed by atoms with van der Waals surface area (Å²) in [7, 11) is -2.41. The Balaban J connectivity index is 0.00000121. The van der Waals surface area contributed by atoms with Crippen LogP contribution in [0.2, 0.25) is 0 Å². The third-order valence-corrected chi connectivity index (χ3v) is 2.28. The third kappa shape index (κ3) is 3.34. The minimum absolute atomic E-state index is 0. The molecule has 0 aliphatic heterocycles. The van der Waals surface area contributed by atoms with E-state index >= 15 is 0 Å². The Bertz CT molecular complexity index is 258. The van der Waals surface area contributed by atoms with Crippen LogP contribution in [0.1, 0.15) is 12.5 Å². The summed E-state index contributed by atoms with van der Waals surface area (Å²) in [5.41, 5.74) is 1.16. The predicted molar refractivity (Wildman–Crippen MR) is 43.1 cm³/mol. The Morgan fingerprint density at radius 3 is 2.17 bits per heavy atom. The minimum atomic E-state index is -2.41. The van der Waals surface area contributed by atoms with Gasteiger partial charge in [-0.2, -0.15) is 0 Å². The van der Waals surface area contributed by atoms with Crippen molar-refractivity contribution in [2.24, 2.45) is 0 Å². The molecule has 12 heavy (non-hydrogen) atoms. The maximum absolute atomic E-state index is 10.4. The van der Waals surface area contributed by atoms with Crippen LogP contribution in [-0.2, 0) is 11.0 Å². The van der Waals surface area contributed by atoms with E-state index in [1.54, 1.807) is 12.1 Å². The van der Waals surface area contributed by atoms with Gasteiger partial charge in [-0.05, 0) is 24.1 Å². The van der Waals surface area contributed by atoms with Crippen molar-refractivity contribution in [3.63, 3.8) is 0 Å². The van der Waals surface area contributed by atoms with E-state index in [1.807, 2.05) is 19.1 Å². The molecule has 0 saturated heterocycles. The zero-order chi connectivity index (χ0) is 8.27. The first-order valence-corrected chi connectivity index (χ1v) is 4.65. The Hall–Kier alpha value is 0.280. The van der Waals surface area contributed by atoms with Crippen molar-refractivity contribution >= 4 is 13.3 Å². The van der Waals surface area contributed by atoms with Gasteiger partial charge in [0.05, 0.1) is 0 Å². The summed E-state index contributed by atoms with van der Waals surface area (Å²) in [6, 6.07) is 6.93. The van der Waals surface area contributed by atoms with Crippen molar-refractivity contribution in [2.75, 3.05) is 0 Å². The molecule has 0 bridgehead atoms. The van der Waals surface area contributed by atoms with Gasteiger partial charge in [0.2, 0.25) is 0 Å². The molecule has 0 fully saturated rings. The summed E-state index contributed by atoms with van der Waals surface area (Å²) in [6.45, 7) is 2.03. The zero-order valence-corrected chi connectivity index (χ0v) is 10.2. The van der Waals surface area contributed by atoms with Gasteiger partial charge in [-0.25, -0.2) is 0 Å². The Morgan fingerprint density at radius 2 is 1.83 bits per heavy atom. The molecule has 0 heterocycles. The molecule has 0 saturated carbocycles. The molecule has 58 valence electrons. The Kier molecular flexibility index (Phi) is 5.98. The van der Waals surface area contributed by atoms with Gasteiger partial charge >= 0.3 is 37.6 Å². The van der Waals surface area contributed by atoms with E-state index < -0.39 is 8.03 Å². The van der Waals surface area contributed by atoms with Crippen LogP contribution in [0, 0.1) is 0 Å². The first kappa shape index (κ1) is 12.3. The average molecular weight is 191 g/mol. The van der Waals surface area contributed by atoms with E-state index in [9.17, 15) is 9.46 Å². The van der Waals surface area contributed by atoms with Crippen LogP contribution in [0.4, 0.5) is 0 Å². The summed E-state index contributed by atoms with van der Waals surface area (Å²) >= 11 is 0. The normalized spacial score (nSPS) is 10.3. The number of rotatable bonds is 2. The predicted octanol–water partition coefficient (Wildman–Crippen LogP) is -2.02. The standard InChI is InChI=1S/C8H9O2P.Na/c1-2-7-3-5-8(6-4-7)11(9)10;/h3-6H,2H2,1H3;/q;+1. The maximum Gasteiger partial charge on any atom is 1.00 e. The second kappa shape index (κ2) is 5.85. The van der Waals surface area contributed by atoms with E-state index in [1.165, 1.54) is 0 Å². The Morgan fingerprint density at radius 1 is 1.33 bits per heavy atom. The summed E-state index contributed by atoms with van der Waals surface area (Å²) in [6.07, 6.45) is 0.940. The van der Waals surface area contributed by atoms with E-state index in [0.717, 1.165) is 12.0 Å². The summed E-state index contributed by atoms with van der Waals surface area (Å²) < 4.78 is 10.4. The van der Waals surface area contributed by atoms with Crippen molar-refractivity contribution in [3.05, 3.63) is 29.8 Å². The molecule has 2 nitrogen and oxygen atoms in total. The zero-order valence-electron chi connectivity index (χ0n) is 7.28. The van der Waals surface area contributed by atoms with Crippen LogP contribution in [0.15, 0.2) is 24.3 Å². The van der Waals surface area contributed by atoms with Crippen LogP contribution in [-0.4, -0.2) is 0 Å². The second-order valence-electron chi connectivity index (χ2n) is 2.28. The van der Waals surface area contributed by atoms with Gasteiger partial charge in [0.1, 0.15) is 0 Å². The topological polar surface area (TPSA) is 40.1 Å². The molecule has 1 rings (SSSR count). The number of hydrogen-bond acceptors (Lipinski definition) is 2. The van der Waals surface area contributed by atoms with E-state index in [-0.39, 0.29) is 29.6 Å². The molecule has 0 spiro atoms. The fourth-order valence-corrected chi connectivity index (χ4v) is 1.25. The molecule has 0 aliphatic carbocycles. The molecule has 1 aromatic rings. The fraction of sp³-hybridized carbons (Fsp3) is 0.250. The van der Waals surface area contributed by atoms with Gasteiger partial charge < -0.3 is 4.89 Å². The maximum atomic E-state index is 10.4. The number of benzene rings is 1. The van der Waals surface area contributed by atoms with Crippen LogP contribution in [0.25, 0.3) is 0 Å². The monoisotopic (exact) mass is 191 g/mol. The molecule has 0 aromatic heterocycles. The molecular weight excluding hydrogens is 182 g/mol. The van der Waals surface area contributed by atoms with Crippen molar-refractivity contribution in [1.82, 2.24) is 0 Å². The van der Waals surface area contributed by atoms with Crippen LogP contribution in [0.5, 0.6) is 0 Å². The molecule has 0 amide bonds. The van der Waals surface area contributed by atoms with Crippen molar-refractivity contribution < 1.29 is 39.0 Å². The minimum Gasteiger partial charge on any atom is -0.591 e. The van der Waals surface area contributed by atoms with Crippen LogP contribution >= 0.6 is 8.03 Å². The largest absolute Gasteiger partial charge is 1.00 e. The summed E-state index contributed by atoms with van der Waals surface area (Å²) in [5.74, 6) is 0. The number of hydrogen-bond donors (Lipinski definition) is 0. The fourth-order valence-electron chi connectivity index (χ4n) is 0.853. The van der Waals surface area contributed by atoms with Gasteiger partial charge in [0.25, 0.3) is 0 Å². The first-order chi connectivity index (χ1) is 5.24. The molecule has 1 aromatic carbocycles. The average Bonchev–Trinajstić information content (AvgIpc) is 2.05. The number of aryl methyl sites for hydroxylation is 1. The summed E-state index contributed by atoms with van der Waals surface area (Å²) in [5, 5.41) is 0.386. The second-order valence-corrected chi connectivity index (χ2v) is 3.31. The Labute approximate surface area is 95.2 Å². The van der Waals surface area contributed by atoms with Crippen LogP contribution in [0.3, 0.4) is 0 Å². The van der Waals surface area contributed by atoms with Gasteiger partial charge in [0, 0.05) is 0 Å². The first-order valence-electron chi connectivity index (χ1n) is 3.47. The van der Waals surface area contributed by atoms with Gasteiger partial charge in [0.15, 0.2) is 5.30 Å². The SMILES string of the molecule is CCc1ccc([P+](=O)[O-])cc1.[Na+]. The molecular formula is C8H9NaO2P+. The summed E-state index contributed by atoms with van der Waals surface area (Å²) in [4.78, 5) is 10.4. The van der Waals surface area contributed by atoms with Gasteiger partial charge in [-0.15, -0.1) is 0 Å². The van der Waals surface area contributed by atoms with Crippen LogP contribution < -0.4 is 39.8 Å².